The normalized spacial score (nSPS) is 11.3. The summed E-state index contributed by atoms with van der Waals surface area (Å²) in [5.41, 5.74) is 0.644. The van der Waals surface area contributed by atoms with E-state index in [1.165, 1.54) is 0 Å². The molecular weight excluding hydrogens is 251 g/mol. The molecule has 0 unspecified atom stereocenters. The maximum atomic E-state index is 12.6. The number of benzene rings is 1. The Balaban J connectivity index is 3.14. The summed E-state index contributed by atoms with van der Waals surface area (Å²) < 4.78 is 28.3. The molecule has 0 spiro atoms. The van der Waals surface area contributed by atoms with Crippen LogP contribution in [0.2, 0.25) is 0 Å². The lowest BCUT2D eigenvalue weighted by Crippen LogP contribution is -1.99. The summed E-state index contributed by atoms with van der Waals surface area (Å²) in [7, 11) is -1.79. The molecule has 5 heteroatoms. The highest BCUT2D eigenvalue weighted by atomic mass is 31.2. The standard InChI is InChI=1S/C13H19O4P/c1-5-16-18(14,17-6-2)11(3)12-9-7-8-10-13(12)15-4/h7-10H,3,5-6H2,1-2,4H3. The van der Waals surface area contributed by atoms with Gasteiger partial charge in [0.1, 0.15) is 5.75 Å². The molecule has 0 bridgehead atoms. The number of hydrogen-bond donors (Lipinski definition) is 0. The maximum Gasteiger partial charge on any atom is 0.361 e. The minimum absolute atomic E-state index is 0.297. The van der Waals surface area contributed by atoms with Gasteiger partial charge in [-0.3, -0.25) is 4.57 Å². The lowest BCUT2D eigenvalue weighted by atomic mass is 10.2. The first-order chi connectivity index (χ1) is 8.59. The fourth-order valence-corrected chi connectivity index (χ4v) is 3.11. The molecule has 4 nitrogen and oxygen atoms in total. The van der Waals surface area contributed by atoms with Crippen LogP contribution in [0.4, 0.5) is 0 Å². The Morgan fingerprint density at radius 3 is 2.28 bits per heavy atom. The summed E-state index contributed by atoms with van der Waals surface area (Å²) in [6.45, 7) is 7.97. The minimum atomic E-state index is -3.35. The zero-order valence-electron chi connectivity index (χ0n) is 11.0. The van der Waals surface area contributed by atoms with Gasteiger partial charge in [0, 0.05) is 5.56 Å². The van der Waals surface area contributed by atoms with Crippen LogP contribution in [0.1, 0.15) is 19.4 Å². The summed E-state index contributed by atoms with van der Waals surface area (Å²) in [6, 6.07) is 7.22. The van der Waals surface area contributed by atoms with Crippen molar-refractivity contribution in [2.75, 3.05) is 20.3 Å². The van der Waals surface area contributed by atoms with E-state index in [9.17, 15) is 4.57 Å². The molecule has 0 heterocycles. The van der Waals surface area contributed by atoms with Gasteiger partial charge in [0.15, 0.2) is 0 Å². The van der Waals surface area contributed by atoms with E-state index < -0.39 is 7.60 Å². The minimum Gasteiger partial charge on any atom is -0.496 e. The molecule has 0 fully saturated rings. The zero-order chi connectivity index (χ0) is 13.6. The third kappa shape index (κ3) is 3.22. The average molecular weight is 270 g/mol. The molecule has 0 saturated heterocycles. The number of para-hydroxylation sites is 1. The summed E-state index contributed by atoms with van der Waals surface area (Å²) in [5, 5.41) is 0.323. The topological polar surface area (TPSA) is 44.8 Å². The molecule has 0 aliphatic heterocycles. The summed E-state index contributed by atoms with van der Waals surface area (Å²) in [4.78, 5) is 0. The van der Waals surface area contributed by atoms with E-state index in [2.05, 4.69) is 6.58 Å². The van der Waals surface area contributed by atoms with Crippen LogP contribution < -0.4 is 4.74 Å². The van der Waals surface area contributed by atoms with E-state index in [0.717, 1.165) is 0 Å². The molecule has 1 aromatic rings. The summed E-state index contributed by atoms with van der Waals surface area (Å²) >= 11 is 0. The van der Waals surface area contributed by atoms with E-state index in [0.29, 0.717) is 29.8 Å². The van der Waals surface area contributed by atoms with Crippen LogP contribution in [0.5, 0.6) is 5.75 Å². The fourth-order valence-electron chi connectivity index (χ4n) is 1.56. The van der Waals surface area contributed by atoms with Crippen molar-refractivity contribution in [3.8, 4) is 5.75 Å². The van der Waals surface area contributed by atoms with E-state index in [4.69, 9.17) is 13.8 Å². The Morgan fingerprint density at radius 2 is 1.78 bits per heavy atom. The van der Waals surface area contributed by atoms with Gasteiger partial charge in [0.25, 0.3) is 0 Å². The fraction of sp³-hybridized carbons (Fsp3) is 0.385. The predicted molar refractivity (Wildman–Crippen MR) is 72.9 cm³/mol. The van der Waals surface area contributed by atoms with Crippen LogP contribution in [0.15, 0.2) is 30.8 Å². The Labute approximate surface area is 108 Å². The number of hydrogen-bond acceptors (Lipinski definition) is 4. The molecule has 100 valence electrons. The first-order valence-corrected chi connectivity index (χ1v) is 7.35. The Morgan fingerprint density at radius 1 is 1.22 bits per heavy atom. The largest absolute Gasteiger partial charge is 0.496 e. The zero-order valence-corrected chi connectivity index (χ0v) is 11.9. The third-order valence-electron chi connectivity index (χ3n) is 2.35. The second kappa shape index (κ2) is 6.74. The second-order valence-electron chi connectivity index (χ2n) is 3.48. The van der Waals surface area contributed by atoms with Gasteiger partial charge >= 0.3 is 7.60 Å². The molecular formula is C13H19O4P. The van der Waals surface area contributed by atoms with Crippen molar-refractivity contribution in [3.63, 3.8) is 0 Å². The molecule has 0 aliphatic carbocycles. The highest BCUT2D eigenvalue weighted by Crippen LogP contribution is 2.60. The smallest absolute Gasteiger partial charge is 0.361 e. The lowest BCUT2D eigenvalue weighted by Gasteiger charge is -2.20. The van der Waals surface area contributed by atoms with Crippen LogP contribution in [0.3, 0.4) is 0 Å². The first kappa shape index (κ1) is 15.0. The van der Waals surface area contributed by atoms with Crippen molar-refractivity contribution >= 4 is 12.9 Å². The van der Waals surface area contributed by atoms with Crippen LogP contribution in [0.25, 0.3) is 5.31 Å². The molecule has 0 saturated carbocycles. The molecule has 1 aromatic carbocycles. The number of methoxy groups -OCH3 is 1. The predicted octanol–water partition coefficient (Wildman–Crippen LogP) is 3.93. The first-order valence-electron chi connectivity index (χ1n) is 5.81. The van der Waals surface area contributed by atoms with Gasteiger partial charge in [-0.25, -0.2) is 0 Å². The quantitative estimate of drug-likeness (QED) is 0.704. The Kier molecular flexibility index (Phi) is 5.60. The van der Waals surface area contributed by atoms with E-state index in [-0.39, 0.29) is 0 Å². The second-order valence-corrected chi connectivity index (χ2v) is 5.53. The van der Waals surface area contributed by atoms with Crippen LogP contribution in [0, 0.1) is 0 Å². The lowest BCUT2D eigenvalue weighted by molar-refractivity contribution is 0.230. The number of rotatable bonds is 7. The van der Waals surface area contributed by atoms with E-state index in [1.807, 2.05) is 12.1 Å². The van der Waals surface area contributed by atoms with Crippen LogP contribution in [-0.4, -0.2) is 20.3 Å². The molecule has 18 heavy (non-hydrogen) atoms. The Bertz CT molecular complexity index is 446. The van der Waals surface area contributed by atoms with Crippen molar-refractivity contribution < 1.29 is 18.3 Å². The van der Waals surface area contributed by atoms with E-state index in [1.54, 1.807) is 33.1 Å². The highest BCUT2D eigenvalue weighted by molar-refractivity contribution is 7.65. The van der Waals surface area contributed by atoms with Gasteiger partial charge < -0.3 is 13.8 Å². The van der Waals surface area contributed by atoms with Gasteiger partial charge in [-0.15, -0.1) is 0 Å². The van der Waals surface area contributed by atoms with Gasteiger partial charge in [-0.2, -0.15) is 0 Å². The molecule has 0 aliphatic rings. The molecule has 0 radical (unpaired) electrons. The van der Waals surface area contributed by atoms with Crippen LogP contribution >= 0.6 is 7.60 Å². The number of ether oxygens (including phenoxy) is 1. The molecule has 0 atom stereocenters. The van der Waals surface area contributed by atoms with Crippen molar-refractivity contribution in [3.05, 3.63) is 36.4 Å². The summed E-state index contributed by atoms with van der Waals surface area (Å²) in [6.07, 6.45) is 0. The third-order valence-corrected chi connectivity index (χ3v) is 4.44. The monoisotopic (exact) mass is 270 g/mol. The average Bonchev–Trinajstić information content (AvgIpc) is 2.38. The van der Waals surface area contributed by atoms with Crippen molar-refractivity contribution in [1.29, 1.82) is 0 Å². The van der Waals surface area contributed by atoms with Crippen molar-refractivity contribution in [2.45, 2.75) is 13.8 Å². The van der Waals surface area contributed by atoms with Gasteiger partial charge in [0.2, 0.25) is 0 Å². The van der Waals surface area contributed by atoms with Gasteiger partial charge in [0.05, 0.1) is 25.6 Å². The van der Waals surface area contributed by atoms with Crippen molar-refractivity contribution in [2.24, 2.45) is 0 Å². The maximum absolute atomic E-state index is 12.6. The van der Waals surface area contributed by atoms with E-state index >= 15 is 0 Å². The SMILES string of the molecule is C=C(c1ccccc1OC)P(=O)(OCC)OCC. The molecule has 0 N–H and O–H groups in total. The van der Waals surface area contributed by atoms with Crippen molar-refractivity contribution in [1.82, 2.24) is 0 Å². The molecule has 1 rings (SSSR count). The Hall–Kier alpha value is -1.09. The van der Waals surface area contributed by atoms with Gasteiger partial charge in [-0.05, 0) is 19.9 Å². The molecule has 0 aromatic heterocycles. The summed E-state index contributed by atoms with van der Waals surface area (Å²) in [5.74, 6) is 0.599. The highest BCUT2D eigenvalue weighted by Gasteiger charge is 2.30. The van der Waals surface area contributed by atoms with Gasteiger partial charge in [-0.1, -0.05) is 24.8 Å². The van der Waals surface area contributed by atoms with Crippen LogP contribution in [-0.2, 0) is 13.6 Å². The molecule has 0 amide bonds.